The molecule has 3 rings (SSSR count). The van der Waals surface area contributed by atoms with Crippen LogP contribution in [0.5, 0.6) is 0 Å². The molecule has 7 nitrogen and oxygen atoms in total. The summed E-state index contributed by atoms with van der Waals surface area (Å²) in [6.07, 6.45) is -0.484. The maximum atomic E-state index is 12.1. The molecule has 1 N–H and O–H groups in total. The number of benzene rings is 1. The van der Waals surface area contributed by atoms with Crippen LogP contribution in [0.2, 0.25) is 5.82 Å². The van der Waals surface area contributed by atoms with E-state index in [9.17, 15) is 4.79 Å². The first-order valence-electron chi connectivity index (χ1n) is 10.0. The second-order valence-electron chi connectivity index (χ2n) is 9.76. The molecule has 0 bridgehead atoms. The lowest BCUT2D eigenvalue weighted by Crippen LogP contribution is -2.41. The van der Waals surface area contributed by atoms with Gasteiger partial charge in [-0.3, -0.25) is 10.3 Å². The summed E-state index contributed by atoms with van der Waals surface area (Å²) in [6.45, 7) is 14.4. The van der Waals surface area contributed by atoms with Gasteiger partial charge in [0.05, 0.1) is 22.7 Å². The van der Waals surface area contributed by atoms with Crippen molar-refractivity contribution in [2.24, 2.45) is 5.10 Å². The van der Waals surface area contributed by atoms with Crippen molar-refractivity contribution in [2.75, 3.05) is 18.9 Å². The van der Waals surface area contributed by atoms with Crippen LogP contribution in [0.25, 0.3) is 0 Å². The van der Waals surface area contributed by atoms with E-state index in [0.717, 1.165) is 11.3 Å². The minimum atomic E-state index is -0.554. The second-order valence-corrected chi connectivity index (χ2v) is 9.76. The number of anilines is 1. The lowest BCUT2D eigenvalue weighted by molar-refractivity contribution is 0.00578. The number of hydrazone groups is 1. The van der Waals surface area contributed by atoms with Gasteiger partial charge in [0.2, 0.25) is 0 Å². The van der Waals surface area contributed by atoms with Gasteiger partial charge >= 0.3 is 13.2 Å². The number of hydrogen-bond donors (Lipinski definition) is 1. The molecule has 1 unspecified atom stereocenters. The Kier molecular flexibility index (Phi) is 5.47. The Balaban J connectivity index is 1.80. The normalized spacial score (nSPS) is 23.2. The Bertz CT molecular complexity index is 800. The van der Waals surface area contributed by atoms with Gasteiger partial charge in [0.25, 0.3) is 0 Å². The van der Waals surface area contributed by atoms with E-state index in [1.165, 1.54) is 0 Å². The smallest absolute Gasteiger partial charge is 0.444 e. The van der Waals surface area contributed by atoms with Crippen molar-refractivity contribution < 1.29 is 18.8 Å². The molecule has 158 valence electrons. The molecule has 1 fully saturated rings. The number of nitrogens with one attached hydrogen (secondary N) is 1. The highest BCUT2D eigenvalue weighted by Crippen LogP contribution is 2.42. The molecule has 1 aromatic rings. The van der Waals surface area contributed by atoms with E-state index >= 15 is 0 Å². The molecule has 1 aromatic carbocycles. The molecular weight excluding hydrogens is 369 g/mol. The van der Waals surface area contributed by atoms with Crippen LogP contribution in [-0.2, 0) is 14.0 Å². The zero-order valence-corrected chi connectivity index (χ0v) is 18.7. The molecule has 0 spiro atoms. The fourth-order valence-electron chi connectivity index (χ4n) is 3.39. The minimum absolute atomic E-state index is 0.0298. The molecule has 0 radical (unpaired) electrons. The highest BCUT2D eigenvalue weighted by molar-refractivity contribution is 6.55. The SMILES string of the molecule is CN1CC(B2OC(C)(C)C(C)(C)O2)C(c2cccc(NC(=O)OC(C)(C)C)c2)=N1. The average molecular weight is 401 g/mol. The molecule has 8 heteroatoms. The highest BCUT2D eigenvalue weighted by atomic mass is 16.7. The van der Waals surface area contributed by atoms with Crippen molar-refractivity contribution in [1.29, 1.82) is 0 Å². The van der Waals surface area contributed by atoms with Crippen molar-refractivity contribution >= 4 is 24.6 Å². The summed E-state index contributed by atoms with van der Waals surface area (Å²) in [4.78, 5) is 12.1. The van der Waals surface area contributed by atoms with Crippen LogP contribution in [0.15, 0.2) is 29.4 Å². The molecule has 1 amide bonds. The zero-order chi connectivity index (χ0) is 21.6. The molecular formula is C21H32BN3O4. The van der Waals surface area contributed by atoms with Gasteiger partial charge in [-0.2, -0.15) is 5.10 Å². The molecule has 0 saturated carbocycles. The van der Waals surface area contributed by atoms with Gasteiger partial charge in [-0.1, -0.05) is 12.1 Å². The van der Waals surface area contributed by atoms with Gasteiger partial charge in [-0.15, -0.1) is 0 Å². The average Bonchev–Trinajstić information content (AvgIpc) is 3.03. The van der Waals surface area contributed by atoms with Crippen LogP contribution in [0, 0.1) is 0 Å². The first-order chi connectivity index (χ1) is 13.3. The van der Waals surface area contributed by atoms with Crippen molar-refractivity contribution in [3.8, 4) is 0 Å². The van der Waals surface area contributed by atoms with E-state index in [4.69, 9.17) is 19.1 Å². The summed E-state index contributed by atoms with van der Waals surface area (Å²) in [5.41, 5.74) is 1.11. The summed E-state index contributed by atoms with van der Waals surface area (Å²) >= 11 is 0. The predicted octanol–water partition coefficient (Wildman–Crippen LogP) is 4.15. The minimum Gasteiger partial charge on any atom is -0.444 e. The standard InChI is InChI=1S/C21H32BN3O4/c1-19(2,3)27-18(26)23-15-11-9-10-14(12-15)17-16(13-25(8)24-17)22-28-20(4,5)21(6,7)29-22/h9-12,16H,13H2,1-8H3,(H,23,26). The molecule has 2 heterocycles. The van der Waals surface area contributed by atoms with Gasteiger partial charge in [-0.05, 0) is 66.2 Å². The van der Waals surface area contributed by atoms with Gasteiger partial charge in [0.1, 0.15) is 5.60 Å². The lowest BCUT2D eigenvalue weighted by atomic mass is 9.68. The largest absolute Gasteiger partial charge is 0.469 e. The fraction of sp³-hybridized carbons (Fsp3) is 0.619. The number of carbonyl (C=O) groups excluding carboxylic acids is 1. The molecule has 1 atom stereocenters. The Hall–Kier alpha value is -2.06. The van der Waals surface area contributed by atoms with E-state index in [-0.39, 0.29) is 12.9 Å². The molecule has 2 aliphatic rings. The second kappa shape index (κ2) is 7.33. The third-order valence-corrected chi connectivity index (χ3v) is 5.49. The molecule has 0 aliphatic carbocycles. The summed E-state index contributed by atoms with van der Waals surface area (Å²) in [5, 5.41) is 9.40. The van der Waals surface area contributed by atoms with E-state index in [0.29, 0.717) is 12.2 Å². The summed E-state index contributed by atoms with van der Waals surface area (Å²) in [6, 6.07) is 7.61. The third kappa shape index (κ3) is 4.75. The Labute approximate surface area is 173 Å². The first-order valence-corrected chi connectivity index (χ1v) is 10.0. The molecule has 29 heavy (non-hydrogen) atoms. The Morgan fingerprint density at radius 1 is 1.24 bits per heavy atom. The molecule has 1 saturated heterocycles. The van der Waals surface area contributed by atoms with Gasteiger partial charge in [0.15, 0.2) is 0 Å². The molecule has 0 aromatic heterocycles. The number of rotatable bonds is 3. The third-order valence-electron chi connectivity index (χ3n) is 5.49. The van der Waals surface area contributed by atoms with Crippen molar-refractivity contribution in [3.63, 3.8) is 0 Å². The first kappa shape index (κ1) is 21.6. The van der Waals surface area contributed by atoms with Gasteiger partial charge in [0, 0.05) is 19.3 Å². The van der Waals surface area contributed by atoms with Crippen molar-refractivity contribution in [1.82, 2.24) is 5.01 Å². The van der Waals surface area contributed by atoms with Crippen LogP contribution in [0.1, 0.15) is 54.0 Å². The van der Waals surface area contributed by atoms with Crippen LogP contribution >= 0.6 is 0 Å². The quantitative estimate of drug-likeness (QED) is 0.771. The predicted molar refractivity (Wildman–Crippen MR) is 115 cm³/mol. The number of ether oxygens (including phenoxy) is 1. The summed E-state index contributed by atoms with van der Waals surface area (Å²) in [5.74, 6) is -0.0298. The Morgan fingerprint density at radius 3 is 2.45 bits per heavy atom. The van der Waals surface area contributed by atoms with Gasteiger partial charge in [-0.25, -0.2) is 4.79 Å². The summed E-state index contributed by atoms with van der Waals surface area (Å²) < 4.78 is 17.9. The van der Waals surface area contributed by atoms with Crippen LogP contribution in [0.3, 0.4) is 0 Å². The molecule has 2 aliphatic heterocycles. The number of amides is 1. The van der Waals surface area contributed by atoms with Crippen molar-refractivity contribution in [2.45, 2.75) is 71.1 Å². The Morgan fingerprint density at radius 2 is 1.86 bits per heavy atom. The maximum Gasteiger partial charge on any atom is 0.469 e. The monoisotopic (exact) mass is 401 g/mol. The number of carbonyl (C=O) groups is 1. The van der Waals surface area contributed by atoms with E-state index in [1.54, 1.807) is 0 Å². The van der Waals surface area contributed by atoms with E-state index in [2.05, 4.69) is 5.32 Å². The zero-order valence-electron chi connectivity index (χ0n) is 18.7. The van der Waals surface area contributed by atoms with Crippen LogP contribution in [-0.4, -0.2) is 54.3 Å². The maximum absolute atomic E-state index is 12.1. The van der Waals surface area contributed by atoms with Crippen LogP contribution in [0.4, 0.5) is 10.5 Å². The summed E-state index contributed by atoms with van der Waals surface area (Å²) in [7, 11) is 1.56. The fourth-order valence-corrected chi connectivity index (χ4v) is 3.39. The topological polar surface area (TPSA) is 72.4 Å². The lowest BCUT2D eigenvalue weighted by Gasteiger charge is -2.32. The van der Waals surface area contributed by atoms with E-state index in [1.807, 2.05) is 84.8 Å². The number of hydrogen-bond acceptors (Lipinski definition) is 6. The number of nitrogens with zero attached hydrogens (tertiary/aromatic N) is 2. The van der Waals surface area contributed by atoms with E-state index < -0.39 is 22.9 Å². The highest BCUT2D eigenvalue weighted by Gasteiger charge is 2.55. The van der Waals surface area contributed by atoms with Crippen LogP contribution < -0.4 is 5.32 Å². The van der Waals surface area contributed by atoms with Crippen molar-refractivity contribution in [3.05, 3.63) is 29.8 Å². The van der Waals surface area contributed by atoms with Gasteiger partial charge < -0.3 is 14.0 Å².